The number of anilines is 2. The molecule has 2 fully saturated rings. The average molecular weight is 547 g/mol. The van der Waals surface area contributed by atoms with Crippen LogP contribution in [0.15, 0.2) is 59.5 Å². The van der Waals surface area contributed by atoms with E-state index >= 15 is 0 Å². The van der Waals surface area contributed by atoms with Gasteiger partial charge in [-0.05, 0) is 91.8 Å². The number of rotatable bonds is 7. The number of amides is 3. The molecule has 1 N–H and O–H groups in total. The minimum atomic E-state index is -0.475. The van der Waals surface area contributed by atoms with Crippen molar-refractivity contribution in [1.29, 1.82) is 0 Å². The van der Waals surface area contributed by atoms with Gasteiger partial charge in [0.05, 0.1) is 25.2 Å². The first-order chi connectivity index (χ1) is 18.8. The van der Waals surface area contributed by atoms with E-state index in [1.807, 2.05) is 68.4 Å². The van der Waals surface area contributed by atoms with Crippen LogP contribution < -0.4 is 15.0 Å². The van der Waals surface area contributed by atoms with E-state index in [1.165, 1.54) is 0 Å². The van der Waals surface area contributed by atoms with Crippen molar-refractivity contribution in [1.82, 2.24) is 9.47 Å². The normalized spacial score (nSPS) is 16.7. The summed E-state index contributed by atoms with van der Waals surface area (Å²) in [6.45, 7) is 6.63. The van der Waals surface area contributed by atoms with E-state index < -0.39 is 17.1 Å². The highest BCUT2D eigenvalue weighted by atomic mass is 32.2. The van der Waals surface area contributed by atoms with E-state index in [4.69, 9.17) is 9.47 Å². The number of imide groups is 1. The maximum atomic E-state index is 13.1. The Morgan fingerprint density at radius 2 is 1.69 bits per heavy atom. The quantitative estimate of drug-likeness (QED) is 0.433. The van der Waals surface area contributed by atoms with Crippen molar-refractivity contribution in [2.24, 2.45) is 0 Å². The van der Waals surface area contributed by atoms with Crippen LogP contribution in [0, 0.1) is 13.8 Å². The Morgan fingerprint density at radius 1 is 1.03 bits per heavy atom. The van der Waals surface area contributed by atoms with Crippen LogP contribution in [0.4, 0.5) is 16.2 Å². The maximum Gasteiger partial charge on any atom is 0.294 e. The molecule has 2 aliphatic heterocycles. The zero-order valence-corrected chi connectivity index (χ0v) is 22.9. The third-order valence-corrected chi connectivity index (χ3v) is 7.70. The minimum absolute atomic E-state index is 0.289. The smallest absolute Gasteiger partial charge is 0.294 e. The van der Waals surface area contributed by atoms with E-state index in [2.05, 4.69) is 14.8 Å². The van der Waals surface area contributed by atoms with Crippen molar-refractivity contribution in [3.8, 4) is 11.4 Å². The van der Waals surface area contributed by atoms with Crippen molar-refractivity contribution >= 4 is 46.3 Å². The summed E-state index contributed by atoms with van der Waals surface area (Å²) in [6.07, 6.45) is 1.72. The number of hydrogen-bond acceptors (Lipinski definition) is 7. The van der Waals surface area contributed by atoms with Gasteiger partial charge in [0, 0.05) is 41.5 Å². The second-order valence-electron chi connectivity index (χ2n) is 9.32. The van der Waals surface area contributed by atoms with Crippen molar-refractivity contribution in [3.05, 3.63) is 76.5 Å². The van der Waals surface area contributed by atoms with E-state index in [0.717, 1.165) is 63.8 Å². The number of thioether (sulfide) groups is 1. The number of aromatic nitrogens is 1. The van der Waals surface area contributed by atoms with Gasteiger partial charge < -0.3 is 24.3 Å². The number of methoxy groups -OCH3 is 1. The molecule has 39 heavy (non-hydrogen) atoms. The van der Waals surface area contributed by atoms with E-state index in [1.54, 1.807) is 13.2 Å². The van der Waals surface area contributed by atoms with Crippen molar-refractivity contribution in [2.75, 3.05) is 50.2 Å². The van der Waals surface area contributed by atoms with E-state index in [9.17, 15) is 14.4 Å². The molecule has 3 aromatic rings. The van der Waals surface area contributed by atoms with E-state index in [-0.39, 0.29) is 11.4 Å². The fourth-order valence-electron chi connectivity index (χ4n) is 4.76. The Balaban J connectivity index is 1.25. The summed E-state index contributed by atoms with van der Waals surface area (Å²) in [5.74, 6) is -0.142. The molecule has 0 spiro atoms. The lowest BCUT2D eigenvalue weighted by atomic mass is 10.2. The summed E-state index contributed by atoms with van der Waals surface area (Å²) in [7, 11) is 1.62. The lowest BCUT2D eigenvalue weighted by Gasteiger charge is -2.28. The fraction of sp³-hybridized carbons (Fsp3) is 0.276. The molecule has 2 saturated heterocycles. The molecule has 0 aliphatic carbocycles. The predicted molar refractivity (Wildman–Crippen MR) is 153 cm³/mol. The van der Waals surface area contributed by atoms with Gasteiger partial charge in [-0.15, -0.1) is 0 Å². The first-order valence-electron chi connectivity index (χ1n) is 12.7. The highest BCUT2D eigenvalue weighted by Crippen LogP contribution is 2.34. The molecule has 9 nitrogen and oxygen atoms in total. The van der Waals surface area contributed by atoms with Gasteiger partial charge in [0.2, 0.25) is 5.91 Å². The first-order valence-corrected chi connectivity index (χ1v) is 13.5. The Kier molecular flexibility index (Phi) is 7.76. The third-order valence-electron chi connectivity index (χ3n) is 6.79. The van der Waals surface area contributed by atoms with Gasteiger partial charge >= 0.3 is 0 Å². The van der Waals surface area contributed by atoms with Crippen LogP contribution in [0.2, 0.25) is 0 Å². The molecule has 0 atom stereocenters. The molecule has 0 radical (unpaired) electrons. The van der Waals surface area contributed by atoms with Crippen LogP contribution in [-0.4, -0.2) is 66.5 Å². The standard InChI is InChI=1S/C29H30N4O5S/c1-19-16-21(20(2)33(19)24-8-10-25(37-3)11-9-24)17-26-28(35)32(29(36)39-26)18-27(34)30-22-4-6-23(7-5-22)31-12-14-38-15-13-31/h4-11,16-17H,12-15,18H2,1-3H3,(H,30,34)/b26-17-. The maximum absolute atomic E-state index is 13.1. The van der Waals surface area contributed by atoms with Gasteiger partial charge in [-0.3, -0.25) is 19.3 Å². The number of carbonyl (C=O) groups excluding carboxylic acids is 3. The number of aryl methyl sites for hydroxylation is 1. The average Bonchev–Trinajstić information content (AvgIpc) is 3.38. The van der Waals surface area contributed by atoms with Crippen LogP contribution >= 0.6 is 11.8 Å². The summed E-state index contributed by atoms with van der Waals surface area (Å²) in [6, 6.07) is 17.2. The van der Waals surface area contributed by atoms with Crippen LogP contribution in [0.5, 0.6) is 5.75 Å². The van der Waals surface area contributed by atoms with Gasteiger partial charge in [0.15, 0.2) is 0 Å². The summed E-state index contributed by atoms with van der Waals surface area (Å²) in [5.41, 5.74) is 5.38. The SMILES string of the molecule is COc1ccc(-n2c(C)cc(/C=C3\SC(=O)N(CC(=O)Nc4ccc(N5CCOCC5)cc4)C3=O)c2C)cc1. The Hall–Kier alpha value is -4.02. The summed E-state index contributed by atoms with van der Waals surface area (Å²) in [4.78, 5) is 41.9. The minimum Gasteiger partial charge on any atom is -0.497 e. The number of ether oxygens (including phenoxy) is 2. The third kappa shape index (κ3) is 5.71. The van der Waals surface area contributed by atoms with Crippen LogP contribution in [0.25, 0.3) is 11.8 Å². The number of nitrogens with one attached hydrogen (secondary N) is 1. The number of nitrogens with zero attached hydrogens (tertiary/aromatic N) is 3. The summed E-state index contributed by atoms with van der Waals surface area (Å²) >= 11 is 0.844. The lowest BCUT2D eigenvalue weighted by Crippen LogP contribution is -2.36. The van der Waals surface area contributed by atoms with Crippen LogP contribution in [0.3, 0.4) is 0 Å². The molecule has 2 aliphatic rings. The number of morpholine rings is 1. The molecule has 10 heteroatoms. The largest absolute Gasteiger partial charge is 0.497 e. The molecular weight excluding hydrogens is 516 g/mol. The molecule has 2 aromatic carbocycles. The highest BCUT2D eigenvalue weighted by molar-refractivity contribution is 8.18. The van der Waals surface area contributed by atoms with Gasteiger partial charge in [0.25, 0.3) is 11.1 Å². The summed E-state index contributed by atoms with van der Waals surface area (Å²) < 4.78 is 12.7. The monoisotopic (exact) mass is 546 g/mol. The molecule has 1 aromatic heterocycles. The van der Waals surface area contributed by atoms with Crippen LogP contribution in [-0.2, 0) is 14.3 Å². The van der Waals surface area contributed by atoms with Crippen LogP contribution in [0.1, 0.15) is 17.0 Å². The Morgan fingerprint density at radius 3 is 2.36 bits per heavy atom. The van der Waals surface area contributed by atoms with Crippen molar-refractivity contribution in [2.45, 2.75) is 13.8 Å². The second-order valence-corrected chi connectivity index (χ2v) is 10.3. The molecule has 3 amide bonds. The van der Waals surface area contributed by atoms with Gasteiger partial charge in [-0.1, -0.05) is 0 Å². The van der Waals surface area contributed by atoms with Gasteiger partial charge in [-0.2, -0.15) is 0 Å². The fourth-order valence-corrected chi connectivity index (χ4v) is 5.59. The topological polar surface area (TPSA) is 93.1 Å². The molecule has 202 valence electrons. The predicted octanol–water partition coefficient (Wildman–Crippen LogP) is 4.61. The first kappa shape index (κ1) is 26.6. The molecular formula is C29H30N4O5S. The zero-order chi connectivity index (χ0) is 27.5. The van der Waals surface area contributed by atoms with Crippen molar-refractivity contribution in [3.63, 3.8) is 0 Å². The zero-order valence-electron chi connectivity index (χ0n) is 22.1. The van der Waals surface area contributed by atoms with Gasteiger partial charge in [0.1, 0.15) is 12.3 Å². The van der Waals surface area contributed by atoms with Gasteiger partial charge in [-0.25, -0.2) is 0 Å². The van der Waals surface area contributed by atoms with Crippen molar-refractivity contribution < 1.29 is 23.9 Å². The Labute approximate surface area is 231 Å². The number of hydrogen-bond donors (Lipinski definition) is 1. The number of carbonyl (C=O) groups is 3. The number of benzene rings is 2. The van der Waals surface area contributed by atoms with E-state index in [0.29, 0.717) is 18.9 Å². The summed E-state index contributed by atoms with van der Waals surface area (Å²) in [5, 5.41) is 2.32. The molecule has 0 bridgehead atoms. The second kappa shape index (κ2) is 11.4. The lowest BCUT2D eigenvalue weighted by molar-refractivity contribution is -0.127. The Bertz CT molecular complexity index is 1420. The molecule has 0 saturated carbocycles. The molecule has 3 heterocycles. The highest BCUT2D eigenvalue weighted by Gasteiger charge is 2.36. The molecule has 5 rings (SSSR count). The molecule has 0 unspecified atom stereocenters.